The van der Waals surface area contributed by atoms with Crippen LogP contribution in [-0.4, -0.2) is 170 Å². The van der Waals surface area contributed by atoms with Crippen molar-refractivity contribution in [1.29, 1.82) is 0 Å². The minimum atomic E-state index is -1.68. The third-order valence-electron chi connectivity index (χ3n) is 13.6. The van der Waals surface area contributed by atoms with Gasteiger partial charge < -0.3 is 69.7 Å². The van der Waals surface area contributed by atoms with E-state index in [-0.39, 0.29) is 32.4 Å². The maximum Gasteiger partial charge on any atom is 0.327 e. The lowest BCUT2D eigenvalue weighted by molar-refractivity contribution is -0.298. The number of fused-ring (bicyclic) bond motifs is 4. The molecule has 4 aliphatic heterocycles. The number of hydroxylamine groups is 2. The summed E-state index contributed by atoms with van der Waals surface area (Å²) in [6, 6.07) is 3.47. The van der Waals surface area contributed by atoms with Gasteiger partial charge in [0.25, 0.3) is 0 Å². The van der Waals surface area contributed by atoms with Crippen LogP contribution in [0.2, 0.25) is 0 Å². The Bertz CT molecular complexity index is 1900. The number of amides is 2. The number of ether oxygens (including phenoxy) is 6. The summed E-state index contributed by atoms with van der Waals surface area (Å²) < 4.78 is 36.3. The number of benzene rings is 1. The lowest BCUT2D eigenvalue weighted by Gasteiger charge is -2.49. The fraction of sp³-hybridized carbons (Fsp3) is 0.755. The van der Waals surface area contributed by atoms with Crippen molar-refractivity contribution in [3.8, 4) is 0 Å². The predicted molar refractivity (Wildman–Crippen MR) is 245 cm³/mol. The molecule has 4 saturated heterocycles. The van der Waals surface area contributed by atoms with E-state index >= 15 is 4.79 Å². The van der Waals surface area contributed by atoms with Gasteiger partial charge in [-0.25, -0.2) is 0 Å². The molecule has 5 fully saturated rings. The number of carbonyl (C=O) groups excluding carboxylic acids is 4. The normalized spacial score (nSPS) is 32.0. The highest BCUT2D eigenvalue weighted by atomic mass is 16.8. The quantitative estimate of drug-likeness (QED) is 0.0537. The molecule has 0 aromatic heterocycles. The first-order valence-electron chi connectivity index (χ1n) is 24.6. The Labute approximate surface area is 403 Å². The molecule has 6 rings (SSSR count). The van der Waals surface area contributed by atoms with Crippen LogP contribution in [0.3, 0.4) is 0 Å². The smallest absolute Gasteiger partial charge is 0.327 e. The molecule has 0 spiro atoms. The summed E-state index contributed by atoms with van der Waals surface area (Å²) in [4.78, 5) is 62.7. The number of aliphatic hydroxyl groups excluding tert-OH is 6. The number of carbonyl (C=O) groups is 4. The minimum absolute atomic E-state index is 0.0205. The zero-order valence-electron chi connectivity index (χ0n) is 40.7. The molecule has 2 bridgehead atoms. The summed E-state index contributed by atoms with van der Waals surface area (Å²) in [7, 11) is 0. The summed E-state index contributed by atoms with van der Waals surface area (Å²) >= 11 is 0. The molecule has 1 saturated carbocycles. The van der Waals surface area contributed by atoms with Crippen LogP contribution < -0.4 is 10.6 Å². The summed E-state index contributed by atoms with van der Waals surface area (Å²) in [6.07, 6.45) is -2.06. The second-order valence-corrected chi connectivity index (χ2v) is 20.1. The van der Waals surface area contributed by atoms with E-state index in [0.717, 1.165) is 44.1 Å². The molecule has 14 unspecified atom stereocenters. The molecule has 5 aliphatic rings. The molecule has 1 aromatic carbocycles. The summed E-state index contributed by atoms with van der Waals surface area (Å²) in [5.41, 5.74) is -0.965. The Kier molecular flexibility index (Phi) is 18.8. The standard InChI is InChI=1S/C49H75N3O17/c1-7-9-11-21-48(22-12-10-8-2)67-39-32-24-49(46(62)51-35(28(3)55)43(60)50-31(26-53)19-20-34(56)66-47(4,5)6)41(44(61)64-32)52(69-42(49)40(39)68-48)25-30-17-15-29(16-18-30)14-13-23-63-45-38(59)37(58)36(57)33(27-54)65-45/h13-18,28,31-33,35-42,45,53-55,57-59H,7-12,19-27H2,1-6H3,(H,50,60)(H,51,62). The minimum Gasteiger partial charge on any atom is -0.460 e. The van der Waals surface area contributed by atoms with Gasteiger partial charge in [-0.3, -0.25) is 24.0 Å². The van der Waals surface area contributed by atoms with E-state index in [1.165, 1.54) is 12.0 Å². The van der Waals surface area contributed by atoms with E-state index in [9.17, 15) is 45.0 Å². The van der Waals surface area contributed by atoms with Gasteiger partial charge in [-0.2, -0.15) is 5.06 Å². The van der Waals surface area contributed by atoms with Crippen LogP contribution in [-0.2, 0) is 59.0 Å². The van der Waals surface area contributed by atoms with Crippen LogP contribution in [0.5, 0.6) is 0 Å². The second kappa shape index (κ2) is 23.7. The second-order valence-electron chi connectivity index (χ2n) is 20.1. The molecule has 14 atom stereocenters. The number of hydrogen-bond acceptors (Lipinski definition) is 18. The highest BCUT2D eigenvalue weighted by Crippen LogP contribution is 2.58. The maximum atomic E-state index is 15.2. The van der Waals surface area contributed by atoms with Crippen LogP contribution in [0.4, 0.5) is 0 Å². The number of nitrogens with zero attached hydrogens (tertiary/aromatic N) is 1. The molecule has 4 heterocycles. The zero-order valence-corrected chi connectivity index (χ0v) is 40.7. The number of hydrogen-bond donors (Lipinski definition) is 8. The molecule has 388 valence electrons. The molecule has 2 amide bonds. The average Bonchev–Trinajstić information content (AvgIpc) is 3.86. The molecule has 20 nitrogen and oxygen atoms in total. The first-order valence-corrected chi connectivity index (χ1v) is 24.6. The molecular formula is C49H75N3O17. The number of nitrogens with one attached hydrogen (secondary N) is 2. The Balaban J connectivity index is 1.23. The van der Waals surface area contributed by atoms with Crippen molar-refractivity contribution in [1.82, 2.24) is 15.7 Å². The average molecular weight is 978 g/mol. The van der Waals surface area contributed by atoms with Gasteiger partial charge in [0, 0.05) is 25.7 Å². The number of esters is 2. The third-order valence-corrected chi connectivity index (χ3v) is 13.6. The van der Waals surface area contributed by atoms with Gasteiger partial charge >= 0.3 is 11.9 Å². The van der Waals surface area contributed by atoms with E-state index in [1.807, 2.05) is 24.3 Å². The number of rotatable bonds is 24. The molecule has 1 aromatic rings. The van der Waals surface area contributed by atoms with Gasteiger partial charge in [0.1, 0.15) is 65.9 Å². The van der Waals surface area contributed by atoms with E-state index in [0.29, 0.717) is 18.4 Å². The van der Waals surface area contributed by atoms with Gasteiger partial charge in [-0.1, -0.05) is 75.9 Å². The Morgan fingerprint density at radius 1 is 0.942 bits per heavy atom. The van der Waals surface area contributed by atoms with Crippen molar-refractivity contribution in [2.75, 3.05) is 19.8 Å². The Hall–Kier alpha value is -3.64. The van der Waals surface area contributed by atoms with Crippen molar-refractivity contribution in [2.45, 2.75) is 209 Å². The van der Waals surface area contributed by atoms with Gasteiger partial charge in [0.15, 0.2) is 18.1 Å². The molecule has 0 radical (unpaired) electrons. The lowest BCUT2D eigenvalue weighted by atomic mass is 9.62. The molecule has 8 N–H and O–H groups in total. The van der Waals surface area contributed by atoms with Crippen molar-refractivity contribution in [3.05, 3.63) is 41.5 Å². The summed E-state index contributed by atoms with van der Waals surface area (Å²) in [6.45, 7) is 9.60. The van der Waals surface area contributed by atoms with Crippen LogP contribution in [0.15, 0.2) is 30.3 Å². The Morgan fingerprint density at radius 2 is 1.61 bits per heavy atom. The first-order chi connectivity index (χ1) is 32.8. The molecule has 69 heavy (non-hydrogen) atoms. The topological polar surface area (TPSA) is 282 Å². The van der Waals surface area contributed by atoms with Crippen LogP contribution in [0.25, 0.3) is 6.08 Å². The molecule has 20 heteroatoms. The highest BCUT2D eigenvalue weighted by Gasteiger charge is 2.76. The Morgan fingerprint density at radius 3 is 2.22 bits per heavy atom. The van der Waals surface area contributed by atoms with E-state index < -0.39 is 133 Å². The SMILES string of the molecule is CCCCCC1(CCCCC)OC2C3CC4(C(=O)NC(C(=O)NC(CO)CCC(=O)OC(C)(C)C)C(C)O)C(ON(Cc5ccc(C=CCOC6OC(CO)C(O)C(O)C6O)cc5)C4C(=O)O3)C2O1. The number of unbranched alkanes of at least 4 members (excludes halogenated alkanes) is 4. The van der Waals surface area contributed by atoms with Crippen molar-refractivity contribution in [3.63, 3.8) is 0 Å². The lowest BCUT2D eigenvalue weighted by Crippen LogP contribution is -2.71. The third kappa shape index (κ3) is 12.7. The largest absolute Gasteiger partial charge is 0.460 e. The van der Waals surface area contributed by atoms with Gasteiger partial charge in [-0.15, -0.1) is 0 Å². The molecular weight excluding hydrogens is 903 g/mol. The van der Waals surface area contributed by atoms with E-state index in [2.05, 4.69) is 24.5 Å². The monoisotopic (exact) mass is 978 g/mol. The summed E-state index contributed by atoms with van der Waals surface area (Å²) in [5, 5.41) is 67.9. The maximum absolute atomic E-state index is 15.2. The van der Waals surface area contributed by atoms with Gasteiger partial charge in [0.2, 0.25) is 11.8 Å². The zero-order chi connectivity index (χ0) is 50.3. The van der Waals surface area contributed by atoms with Gasteiger partial charge in [0.05, 0.1) is 38.5 Å². The van der Waals surface area contributed by atoms with Crippen molar-refractivity contribution in [2.24, 2.45) is 5.41 Å². The highest BCUT2D eigenvalue weighted by molar-refractivity contribution is 5.96. The number of aliphatic hydroxyl groups is 6. The van der Waals surface area contributed by atoms with E-state index in [4.69, 9.17) is 33.3 Å². The van der Waals surface area contributed by atoms with Crippen LogP contribution >= 0.6 is 0 Å². The summed E-state index contributed by atoms with van der Waals surface area (Å²) in [5.74, 6) is -3.81. The van der Waals surface area contributed by atoms with Crippen molar-refractivity contribution >= 4 is 29.8 Å². The van der Waals surface area contributed by atoms with Gasteiger partial charge in [-0.05, 0) is 58.1 Å². The van der Waals surface area contributed by atoms with Crippen molar-refractivity contribution < 1.29 is 83.1 Å². The van der Waals surface area contributed by atoms with Crippen LogP contribution in [0, 0.1) is 5.41 Å². The van der Waals surface area contributed by atoms with Crippen LogP contribution in [0.1, 0.15) is 123 Å². The first kappa shape index (κ1) is 54.7. The van der Waals surface area contributed by atoms with E-state index in [1.54, 1.807) is 32.9 Å². The molecule has 1 aliphatic carbocycles. The predicted octanol–water partition coefficient (Wildman–Crippen LogP) is 1.42. The fourth-order valence-electron chi connectivity index (χ4n) is 10.0. The fourth-order valence-corrected chi connectivity index (χ4v) is 10.0.